The number of hydrogen-bond acceptors (Lipinski definition) is 3. The second kappa shape index (κ2) is 5.06. The van der Waals surface area contributed by atoms with Crippen molar-refractivity contribution in [3.63, 3.8) is 0 Å². The third kappa shape index (κ3) is 2.27. The second-order valence-corrected chi connectivity index (χ2v) is 6.98. The van der Waals surface area contributed by atoms with E-state index in [9.17, 15) is 8.42 Å². The number of nitrogens with zero attached hydrogens (tertiary/aromatic N) is 2. The molecule has 0 unspecified atom stereocenters. The monoisotopic (exact) mass is 318 g/mol. The number of para-hydroxylation sites is 1. The molecule has 0 radical (unpaired) electrons. The maximum Gasteiger partial charge on any atom is 0.264 e. The number of nitriles is 1. The maximum absolute atomic E-state index is 12.7. The third-order valence-electron chi connectivity index (χ3n) is 3.49. The molecule has 1 aliphatic rings. The molecule has 106 valence electrons. The summed E-state index contributed by atoms with van der Waals surface area (Å²) in [5.74, 6) is 0. The number of sulfonamides is 1. The van der Waals surface area contributed by atoms with Crippen molar-refractivity contribution < 1.29 is 8.42 Å². The molecule has 1 aliphatic heterocycles. The topological polar surface area (TPSA) is 61.2 Å². The van der Waals surface area contributed by atoms with Gasteiger partial charge in [-0.1, -0.05) is 29.8 Å². The van der Waals surface area contributed by atoms with Crippen LogP contribution in [0.1, 0.15) is 11.1 Å². The molecule has 0 aromatic heterocycles. The highest BCUT2D eigenvalue weighted by molar-refractivity contribution is 7.92. The van der Waals surface area contributed by atoms with Gasteiger partial charge in [0.2, 0.25) is 0 Å². The van der Waals surface area contributed by atoms with Gasteiger partial charge in [-0.3, -0.25) is 4.31 Å². The Labute approximate surface area is 128 Å². The van der Waals surface area contributed by atoms with Crippen LogP contribution in [-0.2, 0) is 16.4 Å². The van der Waals surface area contributed by atoms with Gasteiger partial charge < -0.3 is 0 Å². The highest BCUT2D eigenvalue weighted by atomic mass is 35.5. The lowest BCUT2D eigenvalue weighted by Crippen LogP contribution is -2.29. The largest absolute Gasteiger partial charge is 0.266 e. The van der Waals surface area contributed by atoms with Crippen LogP contribution < -0.4 is 4.31 Å². The quantitative estimate of drug-likeness (QED) is 0.855. The van der Waals surface area contributed by atoms with E-state index in [0.29, 0.717) is 18.7 Å². The normalized spacial score (nSPS) is 13.8. The molecule has 0 atom stereocenters. The smallest absolute Gasteiger partial charge is 0.264 e. The summed E-state index contributed by atoms with van der Waals surface area (Å²) in [6.07, 6.45) is 0.694. The van der Waals surface area contributed by atoms with E-state index >= 15 is 0 Å². The molecule has 0 spiro atoms. The number of benzene rings is 2. The zero-order valence-electron chi connectivity index (χ0n) is 11.0. The molecule has 6 heteroatoms. The number of anilines is 1. The van der Waals surface area contributed by atoms with E-state index in [0.717, 1.165) is 5.56 Å². The molecule has 4 nitrogen and oxygen atoms in total. The summed E-state index contributed by atoms with van der Waals surface area (Å²) in [5.41, 5.74) is 1.98. The Bertz CT molecular complexity index is 856. The van der Waals surface area contributed by atoms with Crippen LogP contribution in [0.2, 0.25) is 5.02 Å². The van der Waals surface area contributed by atoms with Gasteiger partial charge in [-0.15, -0.1) is 0 Å². The second-order valence-electron chi connectivity index (χ2n) is 4.71. The van der Waals surface area contributed by atoms with Crippen molar-refractivity contribution in [1.29, 1.82) is 5.26 Å². The van der Waals surface area contributed by atoms with Gasteiger partial charge in [-0.05, 0) is 36.2 Å². The van der Waals surface area contributed by atoms with E-state index in [-0.39, 0.29) is 15.5 Å². The van der Waals surface area contributed by atoms with Gasteiger partial charge in [0.25, 0.3) is 10.0 Å². The van der Waals surface area contributed by atoms with Gasteiger partial charge >= 0.3 is 0 Å². The van der Waals surface area contributed by atoms with Crippen LogP contribution in [0.15, 0.2) is 47.4 Å². The fourth-order valence-corrected chi connectivity index (χ4v) is 4.25. The minimum atomic E-state index is -3.66. The first-order chi connectivity index (χ1) is 10.0. The van der Waals surface area contributed by atoms with Gasteiger partial charge in [0, 0.05) is 6.54 Å². The van der Waals surface area contributed by atoms with Gasteiger partial charge in [0.15, 0.2) is 0 Å². The van der Waals surface area contributed by atoms with Gasteiger partial charge in [-0.25, -0.2) is 8.42 Å². The lowest BCUT2D eigenvalue weighted by atomic mass is 10.2. The fourth-order valence-electron chi connectivity index (χ4n) is 2.43. The molecule has 2 aromatic carbocycles. The van der Waals surface area contributed by atoms with Crippen molar-refractivity contribution in [2.75, 3.05) is 10.8 Å². The van der Waals surface area contributed by atoms with E-state index in [1.54, 1.807) is 6.07 Å². The van der Waals surface area contributed by atoms with Gasteiger partial charge in [0.1, 0.15) is 6.07 Å². The van der Waals surface area contributed by atoms with Crippen molar-refractivity contribution >= 4 is 27.3 Å². The highest BCUT2D eigenvalue weighted by Crippen LogP contribution is 2.33. The average Bonchev–Trinajstić information content (AvgIpc) is 2.91. The number of hydrogen-bond donors (Lipinski definition) is 0. The van der Waals surface area contributed by atoms with Gasteiger partial charge in [0.05, 0.1) is 21.2 Å². The molecule has 0 bridgehead atoms. The summed E-state index contributed by atoms with van der Waals surface area (Å²) in [4.78, 5) is 0.100. The molecular weight excluding hydrogens is 308 g/mol. The first kappa shape index (κ1) is 13.9. The van der Waals surface area contributed by atoms with Crippen LogP contribution in [0, 0.1) is 11.3 Å². The van der Waals surface area contributed by atoms with Crippen LogP contribution in [0.25, 0.3) is 0 Å². The van der Waals surface area contributed by atoms with Crippen LogP contribution in [0.3, 0.4) is 0 Å². The fraction of sp³-hybridized carbons (Fsp3) is 0.133. The third-order valence-corrected chi connectivity index (χ3v) is 5.62. The number of fused-ring (bicyclic) bond motifs is 1. The highest BCUT2D eigenvalue weighted by Gasteiger charge is 2.30. The van der Waals surface area contributed by atoms with Crippen molar-refractivity contribution in [2.24, 2.45) is 0 Å². The van der Waals surface area contributed by atoms with E-state index in [4.69, 9.17) is 16.9 Å². The molecule has 3 rings (SSSR count). The summed E-state index contributed by atoms with van der Waals surface area (Å²) < 4.78 is 26.9. The predicted octanol–water partition coefficient (Wildman–Crippen LogP) is 2.96. The number of rotatable bonds is 2. The Hall–Kier alpha value is -2.03. The summed E-state index contributed by atoms with van der Waals surface area (Å²) in [6.45, 7) is 0.416. The molecule has 0 saturated heterocycles. The van der Waals surface area contributed by atoms with Crippen molar-refractivity contribution in [3.8, 4) is 6.07 Å². The lowest BCUT2D eigenvalue weighted by molar-refractivity contribution is 0.592. The zero-order valence-corrected chi connectivity index (χ0v) is 12.5. The Morgan fingerprint density at radius 1 is 1.19 bits per heavy atom. The van der Waals surface area contributed by atoms with Crippen molar-refractivity contribution in [1.82, 2.24) is 0 Å². The Morgan fingerprint density at radius 2 is 1.95 bits per heavy atom. The predicted molar refractivity (Wildman–Crippen MR) is 80.8 cm³/mol. The Morgan fingerprint density at radius 3 is 2.67 bits per heavy atom. The van der Waals surface area contributed by atoms with Gasteiger partial charge in [-0.2, -0.15) is 5.26 Å². The number of halogens is 1. The van der Waals surface area contributed by atoms with Crippen LogP contribution in [0.4, 0.5) is 5.69 Å². The minimum Gasteiger partial charge on any atom is -0.266 e. The first-order valence-corrected chi connectivity index (χ1v) is 8.16. The van der Waals surface area contributed by atoms with Crippen LogP contribution >= 0.6 is 11.6 Å². The molecule has 1 heterocycles. The van der Waals surface area contributed by atoms with E-state index in [1.807, 2.05) is 24.3 Å². The van der Waals surface area contributed by atoms with Crippen LogP contribution in [0.5, 0.6) is 0 Å². The summed E-state index contributed by atoms with van der Waals surface area (Å²) in [7, 11) is -3.66. The average molecular weight is 319 g/mol. The van der Waals surface area contributed by atoms with Crippen molar-refractivity contribution in [2.45, 2.75) is 11.3 Å². The molecular formula is C15H11ClN2O2S. The summed E-state index contributed by atoms with van der Waals surface area (Å²) in [5, 5.41) is 9.00. The maximum atomic E-state index is 12.7. The summed E-state index contributed by atoms with van der Waals surface area (Å²) in [6, 6.07) is 13.5. The standard InChI is InChI=1S/C15H11ClN2O2S/c16-14-9-13(6-5-12(14)10-17)21(19,20)18-8-7-11-3-1-2-4-15(11)18/h1-6,9H,7-8H2. The lowest BCUT2D eigenvalue weighted by Gasteiger charge is -2.19. The molecule has 0 aliphatic carbocycles. The zero-order chi connectivity index (χ0) is 15.0. The first-order valence-electron chi connectivity index (χ1n) is 6.34. The molecule has 0 amide bonds. The van der Waals surface area contributed by atoms with Crippen LogP contribution in [-0.4, -0.2) is 15.0 Å². The van der Waals surface area contributed by atoms with E-state index in [1.165, 1.54) is 22.5 Å². The van der Waals surface area contributed by atoms with Crippen molar-refractivity contribution in [3.05, 3.63) is 58.6 Å². The molecule has 0 fully saturated rings. The molecule has 0 N–H and O–H groups in total. The van der Waals surface area contributed by atoms with E-state index < -0.39 is 10.0 Å². The molecule has 21 heavy (non-hydrogen) atoms. The minimum absolute atomic E-state index is 0.100. The van der Waals surface area contributed by atoms with E-state index in [2.05, 4.69) is 0 Å². The molecule has 2 aromatic rings. The Kier molecular flexibility index (Phi) is 3.36. The SMILES string of the molecule is N#Cc1ccc(S(=O)(=O)N2CCc3ccccc32)cc1Cl. The molecule has 0 saturated carbocycles. The summed E-state index contributed by atoms with van der Waals surface area (Å²) >= 11 is 5.94. The Balaban J connectivity index is 2.07.